The molecule has 0 radical (unpaired) electrons. The predicted octanol–water partition coefficient (Wildman–Crippen LogP) is 1.36. The molecule has 1 aliphatic heterocycles. The van der Waals surface area contributed by atoms with Gasteiger partial charge in [-0.3, -0.25) is 4.99 Å². The zero-order chi connectivity index (χ0) is 16.6. The Morgan fingerprint density at radius 1 is 1.41 bits per heavy atom. The second-order valence-corrected chi connectivity index (χ2v) is 8.02. The average Bonchev–Trinajstić information content (AvgIpc) is 2.44. The Balaban J connectivity index is 2.52. The van der Waals surface area contributed by atoms with Crippen LogP contribution in [-0.2, 0) is 10.0 Å². The summed E-state index contributed by atoms with van der Waals surface area (Å²) in [4.78, 5) is 7.00. The van der Waals surface area contributed by atoms with Crippen LogP contribution in [0.2, 0.25) is 0 Å². The third-order valence-electron chi connectivity index (χ3n) is 3.94. The third-order valence-corrected chi connectivity index (χ3v) is 5.32. The van der Waals surface area contributed by atoms with E-state index in [9.17, 15) is 8.42 Å². The molecule has 1 heterocycles. The molecule has 1 atom stereocenters. The van der Waals surface area contributed by atoms with E-state index >= 15 is 0 Å². The van der Waals surface area contributed by atoms with E-state index in [4.69, 9.17) is 0 Å². The highest BCUT2D eigenvalue weighted by molar-refractivity contribution is 7.88. The van der Waals surface area contributed by atoms with Crippen LogP contribution in [0.3, 0.4) is 0 Å². The summed E-state index contributed by atoms with van der Waals surface area (Å²) < 4.78 is 24.6. The maximum atomic E-state index is 11.5. The summed E-state index contributed by atoms with van der Waals surface area (Å²) >= 11 is 0. The van der Waals surface area contributed by atoms with Gasteiger partial charge < -0.3 is 10.2 Å². The molecule has 1 N–H and O–H groups in total. The molecule has 22 heavy (non-hydrogen) atoms. The predicted molar refractivity (Wildman–Crippen MR) is 92.7 cm³/mol. The minimum absolute atomic E-state index is 0.520. The van der Waals surface area contributed by atoms with Gasteiger partial charge in [-0.25, -0.2) is 12.7 Å². The molecule has 0 spiro atoms. The highest BCUT2D eigenvalue weighted by Crippen LogP contribution is 2.15. The van der Waals surface area contributed by atoms with Gasteiger partial charge in [0.2, 0.25) is 10.0 Å². The van der Waals surface area contributed by atoms with Crippen LogP contribution in [0.15, 0.2) is 4.99 Å². The molecule has 130 valence electrons. The number of piperidine rings is 1. The van der Waals surface area contributed by atoms with Gasteiger partial charge in [0.25, 0.3) is 0 Å². The number of hydrogen-bond acceptors (Lipinski definition) is 3. The molecule has 7 heteroatoms. The van der Waals surface area contributed by atoms with E-state index < -0.39 is 10.0 Å². The highest BCUT2D eigenvalue weighted by atomic mass is 32.2. The lowest BCUT2D eigenvalue weighted by Gasteiger charge is -2.33. The first-order valence-electron chi connectivity index (χ1n) is 8.36. The van der Waals surface area contributed by atoms with Crippen LogP contribution in [0.5, 0.6) is 0 Å². The minimum atomic E-state index is -3.09. The van der Waals surface area contributed by atoms with Gasteiger partial charge in [0.15, 0.2) is 5.96 Å². The number of aliphatic imine (C=N–C) groups is 1. The van der Waals surface area contributed by atoms with Crippen LogP contribution in [0.4, 0.5) is 0 Å². The van der Waals surface area contributed by atoms with Crippen LogP contribution in [0.25, 0.3) is 0 Å². The monoisotopic (exact) mass is 332 g/mol. The zero-order valence-corrected chi connectivity index (χ0v) is 15.3. The SMILES string of the molecule is CCNC(=NCCCN(CC)S(C)(=O)=O)N1CCCC(C)C1. The van der Waals surface area contributed by atoms with Gasteiger partial charge in [0.1, 0.15) is 0 Å². The molecule has 1 aliphatic rings. The van der Waals surface area contributed by atoms with Crippen molar-refractivity contribution in [3.8, 4) is 0 Å². The summed E-state index contributed by atoms with van der Waals surface area (Å²) in [6.07, 6.45) is 4.51. The average molecular weight is 333 g/mol. The minimum Gasteiger partial charge on any atom is -0.357 e. The number of guanidine groups is 1. The smallest absolute Gasteiger partial charge is 0.211 e. The molecule has 0 aromatic heterocycles. The molecule has 1 fully saturated rings. The van der Waals surface area contributed by atoms with Crippen molar-refractivity contribution in [2.24, 2.45) is 10.9 Å². The Morgan fingerprint density at radius 2 is 2.14 bits per heavy atom. The largest absolute Gasteiger partial charge is 0.357 e. The molecular weight excluding hydrogens is 300 g/mol. The van der Waals surface area contributed by atoms with E-state index in [0.29, 0.717) is 25.6 Å². The second kappa shape index (κ2) is 9.35. The zero-order valence-electron chi connectivity index (χ0n) is 14.5. The van der Waals surface area contributed by atoms with Gasteiger partial charge in [0.05, 0.1) is 6.26 Å². The summed E-state index contributed by atoms with van der Waals surface area (Å²) in [5.74, 6) is 1.68. The number of rotatable bonds is 7. The first kappa shape index (κ1) is 19.2. The standard InChI is InChI=1S/C15H32N4O2S/c1-5-16-15(18-11-7-9-14(3)13-18)17-10-8-12-19(6-2)22(4,20)21/h14H,5-13H2,1-4H3,(H,16,17). The topological polar surface area (TPSA) is 65.0 Å². The number of sulfonamides is 1. The Hall–Kier alpha value is -0.820. The van der Waals surface area contributed by atoms with E-state index in [1.807, 2.05) is 6.92 Å². The molecular formula is C15H32N4O2S. The molecule has 0 aliphatic carbocycles. The Morgan fingerprint density at radius 3 is 2.68 bits per heavy atom. The normalized spacial score (nSPS) is 20.5. The van der Waals surface area contributed by atoms with Crippen molar-refractivity contribution in [2.75, 3.05) is 45.5 Å². The lowest BCUT2D eigenvalue weighted by Crippen LogP contribution is -2.46. The Labute approximate surface area is 136 Å². The van der Waals surface area contributed by atoms with E-state index in [-0.39, 0.29) is 0 Å². The van der Waals surface area contributed by atoms with Crippen LogP contribution >= 0.6 is 0 Å². The molecule has 6 nitrogen and oxygen atoms in total. The summed E-state index contributed by atoms with van der Waals surface area (Å²) in [6.45, 7) is 10.9. The van der Waals surface area contributed by atoms with E-state index in [2.05, 4.69) is 29.1 Å². The molecule has 0 saturated carbocycles. The first-order chi connectivity index (χ1) is 10.4. The summed E-state index contributed by atoms with van der Waals surface area (Å²) in [5.41, 5.74) is 0. The fraction of sp³-hybridized carbons (Fsp3) is 0.933. The first-order valence-corrected chi connectivity index (χ1v) is 10.2. The van der Waals surface area contributed by atoms with Gasteiger partial charge in [-0.05, 0) is 32.1 Å². The maximum Gasteiger partial charge on any atom is 0.211 e. The molecule has 0 aromatic rings. The molecule has 1 unspecified atom stereocenters. The lowest BCUT2D eigenvalue weighted by molar-refractivity contribution is 0.266. The van der Waals surface area contributed by atoms with Crippen molar-refractivity contribution in [3.63, 3.8) is 0 Å². The Kier molecular flexibility index (Phi) is 8.17. The summed E-state index contributed by atoms with van der Waals surface area (Å²) in [6, 6.07) is 0. The maximum absolute atomic E-state index is 11.5. The molecule has 1 saturated heterocycles. The van der Waals surface area contributed by atoms with Crippen LogP contribution in [-0.4, -0.2) is 69.1 Å². The lowest BCUT2D eigenvalue weighted by atomic mass is 10.0. The van der Waals surface area contributed by atoms with Crippen molar-refractivity contribution in [1.29, 1.82) is 0 Å². The second-order valence-electron chi connectivity index (χ2n) is 6.04. The van der Waals surface area contributed by atoms with E-state index in [1.54, 1.807) is 0 Å². The number of hydrogen-bond donors (Lipinski definition) is 1. The number of likely N-dealkylation sites (tertiary alicyclic amines) is 1. The fourth-order valence-electron chi connectivity index (χ4n) is 2.80. The van der Waals surface area contributed by atoms with Crippen molar-refractivity contribution in [1.82, 2.24) is 14.5 Å². The molecule has 1 rings (SSSR count). The van der Waals surface area contributed by atoms with Gasteiger partial charge in [0, 0.05) is 39.3 Å². The molecule has 0 bridgehead atoms. The Bertz CT molecular complexity index is 450. The van der Waals surface area contributed by atoms with Gasteiger partial charge >= 0.3 is 0 Å². The fourth-order valence-corrected chi connectivity index (χ4v) is 3.73. The van der Waals surface area contributed by atoms with E-state index in [1.165, 1.54) is 23.4 Å². The molecule has 0 amide bonds. The quantitative estimate of drug-likeness (QED) is 0.434. The third kappa shape index (κ3) is 6.52. The number of nitrogens with zero attached hydrogens (tertiary/aromatic N) is 3. The van der Waals surface area contributed by atoms with Gasteiger partial charge in [-0.1, -0.05) is 13.8 Å². The number of nitrogens with one attached hydrogen (secondary N) is 1. The van der Waals surface area contributed by atoms with Crippen molar-refractivity contribution < 1.29 is 8.42 Å². The van der Waals surface area contributed by atoms with Gasteiger partial charge in [-0.15, -0.1) is 0 Å². The summed E-state index contributed by atoms with van der Waals surface area (Å²) in [5, 5.41) is 3.35. The van der Waals surface area contributed by atoms with Crippen LogP contribution < -0.4 is 5.32 Å². The highest BCUT2D eigenvalue weighted by Gasteiger charge is 2.19. The van der Waals surface area contributed by atoms with Crippen molar-refractivity contribution >= 4 is 16.0 Å². The van der Waals surface area contributed by atoms with Crippen LogP contribution in [0.1, 0.15) is 40.0 Å². The van der Waals surface area contributed by atoms with Gasteiger partial charge in [-0.2, -0.15) is 0 Å². The summed E-state index contributed by atoms with van der Waals surface area (Å²) in [7, 11) is -3.09. The van der Waals surface area contributed by atoms with Crippen molar-refractivity contribution in [2.45, 2.75) is 40.0 Å². The van der Waals surface area contributed by atoms with E-state index in [0.717, 1.165) is 32.0 Å². The molecule has 0 aromatic carbocycles. The van der Waals surface area contributed by atoms with Crippen molar-refractivity contribution in [3.05, 3.63) is 0 Å². The van der Waals surface area contributed by atoms with Crippen LogP contribution in [0, 0.1) is 5.92 Å².